The molecule has 1 fully saturated rings. The first-order valence-electron chi connectivity index (χ1n) is 6.36. The van der Waals surface area contributed by atoms with Gasteiger partial charge in [-0.2, -0.15) is 0 Å². The van der Waals surface area contributed by atoms with Gasteiger partial charge >= 0.3 is 5.97 Å². The summed E-state index contributed by atoms with van der Waals surface area (Å²) in [4.78, 5) is 25.3. The maximum Gasteiger partial charge on any atom is 0.329 e. The van der Waals surface area contributed by atoms with E-state index in [1.165, 1.54) is 17.0 Å². The van der Waals surface area contributed by atoms with E-state index in [2.05, 4.69) is 15.9 Å². The molecule has 0 radical (unpaired) electrons. The fraction of sp³-hybridized carbons (Fsp3) is 0.429. The SMILES string of the molecule is CC1(C(=O)O)CCCCN1C(=O)c1ccc(Br)c(F)c1. The maximum atomic E-state index is 13.5. The Morgan fingerprint density at radius 3 is 2.70 bits per heavy atom. The molecule has 1 heterocycles. The van der Waals surface area contributed by atoms with E-state index in [9.17, 15) is 19.1 Å². The monoisotopic (exact) mass is 343 g/mol. The molecule has 0 bridgehead atoms. The third kappa shape index (κ3) is 2.57. The van der Waals surface area contributed by atoms with Gasteiger partial charge in [0.25, 0.3) is 5.91 Å². The van der Waals surface area contributed by atoms with Crippen molar-refractivity contribution in [1.82, 2.24) is 4.90 Å². The Hall–Kier alpha value is -1.43. The van der Waals surface area contributed by atoms with Crippen LogP contribution in [0, 0.1) is 5.82 Å². The zero-order valence-electron chi connectivity index (χ0n) is 11.0. The van der Waals surface area contributed by atoms with E-state index in [0.717, 1.165) is 18.9 Å². The Bertz CT molecular complexity index is 563. The normalized spacial score (nSPS) is 22.6. The Balaban J connectivity index is 2.35. The first kappa shape index (κ1) is 15.0. The van der Waals surface area contributed by atoms with Gasteiger partial charge in [0, 0.05) is 12.1 Å². The van der Waals surface area contributed by atoms with Crippen molar-refractivity contribution in [2.75, 3.05) is 6.54 Å². The lowest BCUT2D eigenvalue weighted by molar-refractivity contribution is -0.150. The van der Waals surface area contributed by atoms with E-state index >= 15 is 0 Å². The van der Waals surface area contributed by atoms with Crippen molar-refractivity contribution in [3.05, 3.63) is 34.1 Å². The van der Waals surface area contributed by atoms with Crippen LogP contribution in [0.15, 0.2) is 22.7 Å². The second-order valence-corrected chi connectivity index (χ2v) is 5.98. The standard InChI is InChI=1S/C14H15BrFNO3/c1-14(13(19)20)6-2-3-7-17(14)12(18)9-4-5-10(15)11(16)8-9/h4-5,8H,2-3,6-7H2,1H3,(H,19,20). The highest BCUT2D eigenvalue weighted by atomic mass is 79.9. The number of nitrogens with zero attached hydrogens (tertiary/aromatic N) is 1. The quantitative estimate of drug-likeness (QED) is 0.897. The van der Waals surface area contributed by atoms with Crippen molar-refractivity contribution in [2.24, 2.45) is 0 Å². The van der Waals surface area contributed by atoms with Gasteiger partial charge in [-0.1, -0.05) is 0 Å². The van der Waals surface area contributed by atoms with Crippen molar-refractivity contribution in [3.63, 3.8) is 0 Å². The number of carboxylic acid groups (broad SMARTS) is 1. The molecule has 20 heavy (non-hydrogen) atoms. The Labute approximate surface area is 124 Å². The summed E-state index contributed by atoms with van der Waals surface area (Å²) in [5.74, 6) is -2.01. The minimum Gasteiger partial charge on any atom is -0.480 e. The van der Waals surface area contributed by atoms with E-state index in [0.29, 0.717) is 13.0 Å². The molecule has 1 atom stereocenters. The van der Waals surface area contributed by atoms with E-state index < -0.39 is 23.2 Å². The molecule has 0 saturated carbocycles. The number of benzene rings is 1. The van der Waals surface area contributed by atoms with Gasteiger partial charge in [0.1, 0.15) is 11.4 Å². The van der Waals surface area contributed by atoms with Crippen LogP contribution in [0.4, 0.5) is 4.39 Å². The van der Waals surface area contributed by atoms with E-state index in [1.807, 2.05) is 0 Å². The number of piperidine rings is 1. The minimum atomic E-state index is -1.22. The molecule has 1 aromatic rings. The molecule has 4 nitrogen and oxygen atoms in total. The molecule has 2 rings (SSSR count). The largest absolute Gasteiger partial charge is 0.480 e. The van der Waals surface area contributed by atoms with Crippen molar-refractivity contribution in [3.8, 4) is 0 Å². The predicted octanol–water partition coefficient (Wildman–Crippen LogP) is 3.06. The molecule has 1 amide bonds. The second kappa shape index (κ2) is 5.52. The highest BCUT2D eigenvalue weighted by Gasteiger charge is 2.44. The molecule has 1 aliphatic rings. The molecule has 108 valence electrons. The topological polar surface area (TPSA) is 57.6 Å². The van der Waals surface area contributed by atoms with Gasteiger partial charge in [-0.15, -0.1) is 0 Å². The van der Waals surface area contributed by atoms with Gasteiger partial charge < -0.3 is 10.0 Å². The van der Waals surface area contributed by atoms with E-state index in [4.69, 9.17) is 0 Å². The van der Waals surface area contributed by atoms with Crippen LogP contribution in [0.1, 0.15) is 36.5 Å². The Morgan fingerprint density at radius 2 is 2.10 bits per heavy atom. The van der Waals surface area contributed by atoms with Crippen molar-refractivity contribution in [1.29, 1.82) is 0 Å². The number of carbonyl (C=O) groups is 2. The number of amides is 1. The van der Waals surface area contributed by atoms with Crippen LogP contribution >= 0.6 is 15.9 Å². The maximum absolute atomic E-state index is 13.5. The lowest BCUT2D eigenvalue weighted by Crippen LogP contribution is -2.57. The second-order valence-electron chi connectivity index (χ2n) is 5.12. The molecule has 6 heteroatoms. The fourth-order valence-electron chi connectivity index (χ4n) is 2.45. The highest BCUT2D eigenvalue weighted by molar-refractivity contribution is 9.10. The van der Waals surface area contributed by atoms with Gasteiger partial charge in [0.05, 0.1) is 4.47 Å². The highest BCUT2D eigenvalue weighted by Crippen LogP contribution is 2.30. The van der Waals surface area contributed by atoms with Gasteiger partial charge in [-0.3, -0.25) is 4.79 Å². The Morgan fingerprint density at radius 1 is 1.40 bits per heavy atom. The molecule has 1 N–H and O–H groups in total. The van der Waals surface area contributed by atoms with Crippen LogP contribution < -0.4 is 0 Å². The number of halogens is 2. The van der Waals surface area contributed by atoms with Crippen molar-refractivity contribution < 1.29 is 19.1 Å². The molecule has 0 spiro atoms. The first-order valence-corrected chi connectivity index (χ1v) is 7.16. The van der Waals surface area contributed by atoms with Crippen LogP contribution in [0.3, 0.4) is 0 Å². The van der Waals surface area contributed by atoms with Crippen LogP contribution in [0.5, 0.6) is 0 Å². The summed E-state index contributed by atoms with van der Waals surface area (Å²) in [6, 6.07) is 4.07. The average molecular weight is 344 g/mol. The molecule has 1 aromatic carbocycles. The van der Waals surface area contributed by atoms with Crippen LogP contribution in [-0.2, 0) is 4.79 Å². The lowest BCUT2D eigenvalue weighted by Gasteiger charge is -2.41. The van der Waals surface area contributed by atoms with Crippen molar-refractivity contribution in [2.45, 2.75) is 31.7 Å². The van der Waals surface area contributed by atoms with Gasteiger partial charge in [0.15, 0.2) is 0 Å². The Kier molecular flexibility index (Phi) is 4.13. The van der Waals surface area contributed by atoms with Crippen molar-refractivity contribution >= 4 is 27.8 Å². The summed E-state index contributed by atoms with van der Waals surface area (Å²) in [6.45, 7) is 1.92. The number of hydrogen-bond acceptors (Lipinski definition) is 2. The number of carbonyl (C=O) groups excluding carboxylic acids is 1. The van der Waals surface area contributed by atoms with Gasteiger partial charge in [-0.25, -0.2) is 9.18 Å². The van der Waals surface area contributed by atoms with Crippen LogP contribution in [-0.4, -0.2) is 34.0 Å². The minimum absolute atomic E-state index is 0.167. The molecule has 0 aromatic heterocycles. The summed E-state index contributed by atoms with van der Waals surface area (Å²) in [6.07, 6.45) is 1.93. The summed E-state index contributed by atoms with van der Waals surface area (Å²) in [5, 5.41) is 9.39. The summed E-state index contributed by atoms with van der Waals surface area (Å²) in [7, 11) is 0. The van der Waals surface area contributed by atoms with E-state index in [-0.39, 0.29) is 10.0 Å². The van der Waals surface area contributed by atoms with Crippen LogP contribution in [0.25, 0.3) is 0 Å². The number of rotatable bonds is 2. The fourth-order valence-corrected chi connectivity index (χ4v) is 2.70. The van der Waals surface area contributed by atoms with E-state index in [1.54, 1.807) is 6.92 Å². The lowest BCUT2D eigenvalue weighted by atomic mass is 9.88. The van der Waals surface area contributed by atoms with Crippen LogP contribution in [0.2, 0.25) is 0 Å². The zero-order chi connectivity index (χ0) is 14.9. The van der Waals surface area contributed by atoms with Gasteiger partial charge in [-0.05, 0) is 60.3 Å². The summed E-state index contributed by atoms with van der Waals surface area (Å²) in [5.41, 5.74) is -1.06. The molecule has 1 saturated heterocycles. The summed E-state index contributed by atoms with van der Waals surface area (Å²) < 4.78 is 13.8. The molecule has 0 aliphatic carbocycles. The third-order valence-electron chi connectivity index (χ3n) is 3.76. The number of hydrogen-bond donors (Lipinski definition) is 1. The molecular weight excluding hydrogens is 329 g/mol. The number of carboxylic acids is 1. The van der Waals surface area contributed by atoms with Gasteiger partial charge in [0.2, 0.25) is 0 Å². The average Bonchev–Trinajstić information content (AvgIpc) is 2.41. The smallest absolute Gasteiger partial charge is 0.329 e. The molecule has 1 unspecified atom stereocenters. The number of likely N-dealkylation sites (tertiary alicyclic amines) is 1. The zero-order valence-corrected chi connectivity index (χ0v) is 12.6. The molecule has 1 aliphatic heterocycles. The third-order valence-corrected chi connectivity index (χ3v) is 4.41. The predicted molar refractivity (Wildman–Crippen MR) is 75.0 cm³/mol. The first-order chi connectivity index (χ1) is 9.36. The molecular formula is C14H15BrFNO3. The summed E-state index contributed by atoms with van der Waals surface area (Å²) >= 11 is 3.03. The number of aliphatic carboxylic acids is 1.